The molecule has 2 amide bonds. The first-order valence-corrected chi connectivity index (χ1v) is 13.9. The lowest BCUT2D eigenvalue weighted by atomic mass is 10.1. The number of rotatable bonds is 9. The lowest BCUT2D eigenvalue weighted by molar-refractivity contribution is -0.122. The third kappa shape index (κ3) is 6.06. The summed E-state index contributed by atoms with van der Waals surface area (Å²) >= 11 is 0. The highest BCUT2D eigenvalue weighted by molar-refractivity contribution is 7.89. The Morgan fingerprint density at radius 2 is 1.86 bits per heavy atom. The smallest absolute Gasteiger partial charge is 0.243 e. The number of morpholine rings is 1. The van der Waals surface area contributed by atoms with E-state index in [1.54, 1.807) is 23.1 Å². The molecule has 2 aromatic rings. The third-order valence-electron chi connectivity index (χ3n) is 6.13. The molecule has 37 heavy (non-hydrogen) atoms. The zero-order chi connectivity index (χ0) is 26.6. The van der Waals surface area contributed by atoms with E-state index in [1.165, 1.54) is 16.4 Å². The number of benzene rings is 2. The van der Waals surface area contributed by atoms with Gasteiger partial charge < -0.3 is 24.4 Å². The number of sulfonamides is 1. The normalized spacial score (nSPS) is 18.8. The molecule has 2 fully saturated rings. The summed E-state index contributed by atoms with van der Waals surface area (Å²) < 4.78 is 44.5. The van der Waals surface area contributed by atoms with Gasteiger partial charge in [0.2, 0.25) is 21.8 Å². The molecule has 4 rings (SSSR count). The second kappa shape index (κ2) is 11.5. The number of nitrogens with zero attached hydrogens (tertiary/aromatic N) is 2. The van der Waals surface area contributed by atoms with Crippen LogP contribution in [0.3, 0.4) is 0 Å². The van der Waals surface area contributed by atoms with E-state index in [-0.39, 0.29) is 54.6 Å². The molecular weight excluding hydrogens is 498 g/mol. The number of anilines is 2. The minimum absolute atomic E-state index is 0.0262. The number of hydrogen-bond donors (Lipinski definition) is 1. The number of para-hydroxylation sites is 2. The van der Waals surface area contributed by atoms with Crippen molar-refractivity contribution in [3.05, 3.63) is 42.5 Å². The molecule has 2 aliphatic rings. The van der Waals surface area contributed by atoms with Crippen molar-refractivity contribution >= 4 is 33.2 Å². The van der Waals surface area contributed by atoms with Crippen molar-refractivity contribution in [2.24, 2.45) is 5.92 Å². The third-order valence-corrected chi connectivity index (χ3v) is 8.03. The first-order chi connectivity index (χ1) is 17.7. The molecule has 0 spiro atoms. The summed E-state index contributed by atoms with van der Waals surface area (Å²) in [6, 6.07) is 11.7. The molecule has 1 N–H and O–H groups in total. The van der Waals surface area contributed by atoms with Crippen LogP contribution < -0.4 is 19.7 Å². The van der Waals surface area contributed by atoms with Gasteiger partial charge in [-0.3, -0.25) is 9.59 Å². The van der Waals surface area contributed by atoms with E-state index >= 15 is 0 Å². The van der Waals surface area contributed by atoms with Gasteiger partial charge in [0.15, 0.2) is 0 Å². The van der Waals surface area contributed by atoms with Crippen LogP contribution in [0, 0.1) is 5.92 Å². The fourth-order valence-electron chi connectivity index (χ4n) is 4.37. The lowest BCUT2D eigenvalue weighted by Gasteiger charge is -2.26. The fourth-order valence-corrected chi connectivity index (χ4v) is 5.80. The minimum Gasteiger partial charge on any atom is -0.492 e. The fraction of sp³-hybridized carbons (Fsp3) is 0.462. The van der Waals surface area contributed by atoms with Crippen molar-refractivity contribution in [2.45, 2.75) is 38.2 Å². The highest BCUT2D eigenvalue weighted by Gasteiger charge is 2.37. The van der Waals surface area contributed by atoms with Crippen LogP contribution in [0.2, 0.25) is 0 Å². The molecule has 2 heterocycles. The summed E-state index contributed by atoms with van der Waals surface area (Å²) in [5.41, 5.74) is 0.862. The number of nitrogens with one attached hydrogen (secondary N) is 1. The van der Waals surface area contributed by atoms with Crippen LogP contribution >= 0.6 is 0 Å². The van der Waals surface area contributed by atoms with Gasteiger partial charge in [0.05, 0.1) is 48.1 Å². The highest BCUT2D eigenvalue weighted by Crippen LogP contribution is 2.35. The maximum atomic E-state index is 13.3. The van der Waals surface area contributed by atoms with Crippen molar-refractivity contribution in [3.8, 4) is 11.5 Å². The number of hydrogen-bond acceptors (Lipinski definition) is 7. The summed E-state index contributed by atoms with van der Waals surface area (Å²) in [6.45, 7) is 7.36. The Balaban J connectivity index is 1.56. The Labute approximate surface area is 217 Å². The van der Waals surface area contributed by atoms with Gasteiger partial charge in [-0.1, -0.05) is 12.1 Å². The van der Waals surface area contributed by atoms with Gasteiger partial charge in [-0.25, -0.2) is 8.42 Å². The van der Waals surface area contributed by atoms with Crippen molar-refractivity contribution in [1.82, 2.24) is 4.31 Å². The first kappa shape index (κ1) is 26.9. The summed E-state index contributed by atoms with van der Waals surface area (Å²) in [5, 5.41) is 2.82. The maximum Gasteiger partial charge on any atom is 0.243 e. The van der Waals surface area contributed by atoms with Gasteiger partial charge in [0.25, 0.3) is 0 Å². The Bertz CT molecular complexity index is 1240. The predicted octanol–water partition coefficient (Wildman–Crippen LogP) is 2.89. The number of ether oxygens (including phenoxy) is 3. The SMILES string of the molecule is CCOc1ccccc1N1C[C@@H](C(=O)Nc2cc(S(=O)(=O)N3CCOCC3)ccc2OC(C)C)CC1=O. The summed E-state index contributed by atoms with van der Waals surface area (Å²) in [5.74, 6) is -0.275. The standard InChI is InChI=1S/C26H33N3O7S/c1-4-35-24-8-6-5-7-22(24)29-17-19(15-25(29)30)26(31)27-21-16-20(9-10-23(21)36-18(2)3)37(32,33)28-11-13-34-14-12-28/h5-10,16,18-19H,4,11-15,17H2,1-3H3,(H,27,31)/t19-/m0/s1. The molecule has 0 radical (unpaired) electrons. The zero-order valence-electron chi connectivity index (χ0n) is 21.3. The van der Waals surface area contributed by atoms with E-state index in [9.17, 15) is 18.0 Å². The van der Waals surface area contributed by atoms with Gasteiger partial charge in [-0.15, -0.1) is 0 Å². The Morgan fingerprint density at radius 1 is 1.14 bits per heavy atom. The number of carbonyl (C=O) groups is 2. The van der Waals surface area contributed by atoms with Crippen LogP contribution in [0.25, 0.3) is 0 Å². The molecule has 0 unspecified atom stereocenters. The van der Waals surface area contributed by atoms with Crippen molar-refractivity contribution in [2.75, 3.05) is 49.7 Å². The first-order valence-electron chi connectivity index (χ1n) is 12.4. The molecule has 10 nitrogen and oxygen atoms in total. The maximum absolute atomic E-state index is 13.3. The summed E-state index contributed by atoms with van der Waals surface area (Å²) in [7, 11) is -3.78. The van der Waals surface area contributed by atoms with E-state index in [1.807, 2.05) is 32.9 Å². The predicted molar refractivity (Wildman–Crippen MR) is 138 cm³/mol. The topological polar surface area (TPSA) is 114 Å². The lowest BCUT2D eigenvalue weighted by Crippen LogP contribution is -2.40. The molecule has 0 bridgehead atoms. The van der Waals surface area contributed by atoms with Crippen LogP contribution in [-0.2, 0) is 24.3 Å². The molecule has 11 heteroatoms. The molecule has 2 saturated heterocycles. The van der Waals surface area contributed by atoms with Gasteiger partial charge in [0, 0.05) is 26.1 Å². The largest absolute Gasteiger partial charge is 0.492 e. The van der Waals surface area contributed by atoms with Crippen molar-refractivity contribution in [3.63, 3.8) is 0 Å². The quantitative estimate of drug-likeness (QED) is 0.529. The van der Waals surface area contributed by atoms with E-state index in [0.717, 1.165) is 0 Å². The van der Waals surface area contributed by atoms with Gasteiger partial charge in [-0.2, -0.15) is 4.31 Å². The van der Waals surface area contributed by atoms with Crippen LogP contribution in [-0.4, -0.2) is 70.1 Å². The van der Waals surface area contributed by atoms with E-state index in [4.69, 9.17) is 14.2 Å². The van der Waals surface area contributed by atoms with Gasteiger partial charge in [0.1, 0.15) is 11.5 Å². The molecule has 0 saturated carbocycles. The molecule has 2 aromatic carbocycles. The molecule has 0 aromatic heterocycles. The van der Waals surface area contributed by atoms with Gasteiger partial charge in [-0.05, 0) is 51.1 Å². The number of amides is 2. The van der Waals surface area contributed by atoms with E-state index < -0.39 is 15.9 Å². The van der Waals surface area contributed by atoms with E-state index in [2.05, 4.69) is 5.32 Å². The Hall–Kier alpha value is -3.15. The molecule has 2 aliphatic heterocycles. The zero-order valence-corrected chi connectivity index (χ0v) is 22.1. The molecular formula is C26H33N3O7S. The molecule has 200 valence electrons. The minimum atomic E-state index is -3.78. The second-order valence-electron chi connectivity index (χ2n) is 9.14. The van der Waals surface area contributed by atoms with Gasteiger partial charge >= 0.3 is 0 Å². The van der Waals surface area contributed by atoms with E-state index in [0.29, 0.717) is 37.0 Å². The number of carbonyl (C=O) groups excluding carboxylic acids is 2. The highest BCUT2D eigenvalue weighted by atomic mass is 32.2. The molecule has 0 aliphatic carbocycles. The summed E-state index contributed by atoms with van der Waals surface area (Å²) in [6.07, 6.45) is -0.172. The Kier molecular flexibility index (Phi) is 8.35. The average molecular weight is 532 g/mol. The Morgan fingerprint density at radius 3 is 2.57 bits per heavy atom. The van der Waals surface area contributed by atoms with Crippen LogP contribution in [0.5, 0.6) is 11.5 Å². The van der Waals surface area contributed by atoms with Crippen molar-refractivity contribution in [1.29, 1.82) is 0 Å². The van der Waals surface area contributed by atoms with Crippen LogP contribution in [0.4, 0.5) is 11.4 Å². The summed E-state index contributed by atoms with van der Waals surface area (Å²) in [4.78, 5) is 27.7. The second-order valence-corrected chi connectivity index (χ2v) is 11.1. The monoisotopic (exact) mass is 531 g/mol. The van der Waals surface area contributed by atoms with Crippen LogP contribution in [0.1, 0.15) is 27.2 Å². The van der Waals surface area contributed by atoms with Crippen LogP contribution in [0.15, 0.2) is 47.4 Å². The average Bonchev–Trinajstić information content (AvgIpc) is 3.27. The van der Waals surface area contributed by atoms with Crippen molar-refractivity contribution < 1.29 is 32.2 Å². The molecule has 1 atom stereocenters.